The second-order valence-corrected chi connectivity index (χ2v) is 8.07. The molecule has 1 saturated carbocycles. The van der Waals surface area contributed by atoms with Crippen LogP contribution < -0.4 is 5.32 Å². The van der Waals surface area contributed by atoms with Crippen molar-refractivity contribution in [2.75, 3.05) is 11.9 Å². The molecule has 26 heavy (non-hydrogen) atoms. The van der Waals surface area contributed by atoms with Crippen molar-refractivity contribution in [2.24, 2.45) is 0 Å². The standard InChI is InChI=1S/C22H34N2O2/c1-15(2)19-11-8-12-20(16(3)4)22(19)23-21(26)13-14-24(17(5)25)18-9-6-7-10-18/h8,11-12,15-16,18H,6-7,9-10,13-14H2,1-5H3,(H,23,26). The first-order valence-corrected chi connectivity index (χ1v) is 10.0. The van der Waals surface area contributed by atoms with Gasteiger partial charge in [0.25, 0.3) is 0 Å². The van der Waals surface area contributed by atoms with Crippen LogP contribution >= 0.6 is 0 Å². The number of anilines is 1. The zero-order chi connectivity index (χ0) is 19.3. The lowest BCUT2D eigenvalue weighted by atomic mass is 9.92. The maximum Gasteiger partial charge on any atom is 0.226 e. The first-order valence-electron chi connectivity index (χ1n) is 10.0. The zero-order valence-electron chi connectivity index (χ0n) is 17.0. The van der Waals surface area contributed by atoms with Gasteiger partial charge in [0.2, 0.25) is 11.8 Å². The van der Waals surface area contributed by atoms with Gasteiger partial charge in [0.1, 0.15) is 0 Å². The molecule has 2 amide bonds. The van der Waals surface area contributed by atoms with Gasteiger partial charge in [-0.25, -0.2) is 0 Å². The Morgan fingerprint density at radius 1 is 1.08 bits per heavy atom. The number of benzene rings is 1. The minimum absolute atomic E-state index is 0.00996. The fraction of sp³-hybridized carbons (Fsp3) is 0.636. The van der Waals surface area contributed by atoms with Gasteiger partial charge in [0.05, 0.1) is 0 Å². The number of hydrogen-bond donors (Lipinski definition) is 1. The Morgan fingerprint density at radius 2 is 1.62 bits per heavy atom. The molecule has 1 N–H and O–H groups in total. The molecule has 0 aromatic heterocycles. The molecule has 0 radical (unpaired) electrons. The average molecular weight is 359 g/mol. The third kappa shape index (κ3) is 5.09. The lowest BCUT2D eigenvalue weighted by Crippen LogP contribution is -2.39. The van der Waals surface area contributed by atoms with Crippen molar-refractivity contribution in [2.45, 2.75) is 84.6 Å². The normalized spacial score (nSPS) is 14.9. The van der Waals surface area contributed by atoms with Gasteiger partial charge in [-0.15, -0.1) is 0 Å². The largest absolute Gasteiger partial charge is 0.339 e. The highest BCUT2D eigenvalue weighted by atomic mass is 16.2. The van der Waals surface area contributed by atoms with Crippen molar-refractivity contribution in [3.63, 3.8) is 0 Å². The van der Waals surface area contributed by atoms with E-state index >= 15 is 0 Å². The van der Waals surface area contributed by atoms with E-state index in [2.05, 4.69) is 51.2 Å². The molecule has 2 rings (SSSR count). The van der Waals surface area contributed by atoms with Crippen molar-refractivity contribution in [3.05, 3.63) is 29.3 Å². The van der Waals surface area contributed by atoms with Gasteiger partial charge >= 0.3 is 0 Å². The van der Waals surface area contributed by atoms with Crippen molar-refractivity contribution in [1.29, 1.82) is 0 Å². The van der Waals surface area contributed by atoms with E-state index in [1.165, 1.54) is 24.0 Å². The Hall–Kier alpha value is -1.84. The highest BCUT2D eigenvalue weighted by molar-refractivity contribution is 5.93. The quantitative estimate of drug-likeness (QED) is 0.741. The number of carbonyl (C=O) groups is 2. The summed E-state index contributed by atoms with van der Waals surface area (Å²) < 4.78 is 0. The predicted octanol–water partition coefficient (Wildman–Crippen LogP) is 5.05. The monoisotopic (exact) mass is 358 g/mol. The maximum atomic E-state index is 12.7. The second kappa shape index (κ2) is 9.20. The van der Waals surface area contributed by atoms with Crippen molar-refractivity contribution < 1.29 is 9.59 Å². The van der Waals surface area contributed by atoms with Gasteiger partial charge in [0.15, 0.2) is 0 Å². The van der Waals surface area contributed by atoms with Gasteiger partial charge in [0, 0.05) is 31.6 Å². The molecule has 0 aliphatic heterocycles. The van der Waals surface area contributed by atoms with Crippen LogP contribution in [0.4, 0.5) is 5.69 Å². The summed E-state index contributed by atoms with van der Waals surface area (Å²) in [6.07, 6.45) is 4.84. The fourth-order valence-electron chi connectivity index (χ4n) is 3.93. The number of hydrogen-bond acceptors (Lipinski definition) is 2. The minimum atomic E-state index is -0.00996. The van der Waals surface area contributed by atoms with Crippen LogP contribution in [0.3, 0.4) is 0 Å². The van der Waals surface area contributed by atoms with E-state index in [9.17, 15) is 9.59 Å². The molecule has 1 aromatic rings. The van der Waals surface area contributed by atoms with Crippen molar-refractivity contribution in [3.8, 4) is 0 Å². The fourth-order valence-corrected chi connectivity index (χ4v) is 3.93. The van der Waals surface area contributed by atoms with E-state index < -0.39 is 0 Å². The summed E-state index contributed by atoms with van der Waals surface area (Å²) in [5.74, 6) is 0.756. The molecule has 1 aliphatic rings. The number of amides is 2. The van der Waals surface area contributed by atoms with Crippen LogP contribution in [0.25, 0.3) is 0 Å². The van der Waals surface area contributed by atoms with Gasteiger partial charge in [-0.2, -0.15) is 0 Å². The smallest absolute Gasteiger partial charge is 0.226 e. The van der Waals surface area contributed by atoms with Crippen LogP contribution in [0.2, 0.25) is 0 Å². The predicted molar refractivity (Wildman–Crippen MR) is 108 cm³/mol. The number of rotatable bonds is 7. The summed E-state index contributed by atoms with van der Waals surface area (Å²) >= 11 is 0. The minimum Gasteiger partial charge on any atom is -0.339 e. The Bertz CT molecular complexity index is 605. The zero-order valence-corrected chi connectivity index (χ0v) is 17.0. The number of carbonyl (C=O) groups excluding carboxylic acids is 2. The summed E-state index contributed by atoms with van der Waals surface area (Å²) in [7, 11) is 0. The SMILES string of the molecule is CC(=O)N(CCC(=O)Nc1c(C(C)C)cccc1C(C)C)C1CCCC1. The van der Waals surface area contributed by atoms with Crippen molar-refractivity contribution >= 4 is 17.5 Å². The Kier molecular flexibility index (Phi) is 7.24. The number of nitrogens with one attached hydrogen (secondary N) is 1. The Balaban J connectivity index is 2.08. The average Bonchev–Trinajstić information content (AvgIpc) is 3.08. The summed E-state index contributed by atoms with van der Waals surface area (Å²) in [4.78, 5) is 26.5. The Labute approximate surface area is 158 Å². The molecule has 0 heterocycles. The van der Waals surface area contributed by atoms with Crippen LogP contribution in [-0.2, 0) is 9.59 Å². The van der Waals surface area contributed by atoms with E-state index in [-0.39, 0.29) is 11.8 Å². The van der Waals surface area contributed by atoms with E-state index in [0.29, 0.717) is 30.8 Å². The highest BCUT2D eigenvalue weighted by Crippen LogP contribution is 2.32. The summed E-state index contributed by atoms with van der Waals surface area (Å²) in [6.45, 7) is 10.7. The first-order chi connectivity index (χ1) is 12.3. The molecule has 144 valence electrons. The second-order valence-electron chi connectivity index (χ2n) is 8.07. The third-order valence-electron chi connectivity index (χ3n) is 5.39. The first kappa shape index (κ1) is 20.5. The molecular formula is C22H34N2O2. The van der Waals surface area contributed by atoms with Crippen LogP contribution in [0.1, 0.15) is 89.7 Å². The van der Waals surface area contributed by atoms with E-state index in [0.717, 1.165) is 18.5 Å². The Morgan fingerprint density at radius 3 is 2.08 bits per heavy atom. The van der Waals surface area contributed by atoms with Crippen LogP contribution in [0, 0.1) is 0 Å². The number of para-hydroxylation sites is 1. The van der Waals surface area contributed by atoms with Gasteiger partial charge in [-0.05, 0) is 35.8 Å². The van der Waals surface area contributed by atoms with Crippen LogP contribution in [-0.4, -0.2) is 29.3 Å². The molecule has 0 unspecified atom stereocenters. The third-order valence-corrected chi connectivity index (χ3v) is 5.39. The summed E-state index contributed by atoms with van der Waals surface area (Å²) in [6, 6.07) is 6.56. The summed E-state index contributed by atoms with van der Waals surface area (Å²) in [5.41, 5.74) is 3.30. The molecule has 0 bridgehead atoms. The highest BCUT2D eigenvalue weighted by Gasteiger charge is 2.25. The van der Waals surface area contributed by atoms with Gasteiger partial charge in [-0.3, -0.25) is 9.59 Å². The molecule has 0 atom stereocenters. The lowest BCUT2D eigenvalue weighted by molar-refractivity contribution is -0.131. The van der Waals surface area contributed by atoms with Gasteiger partial charge in [-0.1, -0.05) is 58.7 Å². The van der Waals surface area contributed by atoms with Crippen LogP contribution in [0.5, 0.6) is 0 Å². The maximum absolute atomic E-state index is 12.7. The molecule has 4 heteroatoms. The molecule has 1 aliphatic carbocycles. The molecule has 4 nitrogen and oxygen atoms in total. The molecule has 1 fully saturated rings. The molecule has 0 saturated heterocycles. The van der Waals surface area contributed by atoms with E-state index in [4.69, 9.17) is 0 Å². The van der Waals surface area contributed by atoms with Crippen LogP contribution in [0.15, 0.2) is 18.2 Å². The summed E-state index contributed by atoms with van der Waals surface area (Å²) in [5, 5.41) is 3.15. The molecule has 0 spiro atoms. The molecule has 1 aromatic carbocycles. The van der Waals surface area contributed by atoms with E-state index in [1.807, 2.05) is 4.90 Å². The topological polar surface area (TPSA) is 49.4 Å². The van der Waals surface area contributed by atoms with Gasteiger partial charge < -0.3 is 10.2 Å². The molecular weight excluding hydrogens is 324 g/mol. The lowest BCUT2D eigenvalue weighted by Gasteiger charge is -2.28. The van der Waals surface area contributed by atoms with E-state index in [1.54, 1.807) is 6.92 Å². The number of nitrogens with zero attached hydrogens (tertiary/aromatic N) is 1. The van der Waals surface area contributed by atoms with Crippen molar-refractivity contribution in [1.82, 2.24) is 4.90 Å².